The van der Waals surface area contributed by atoms with Gasteiger partial charge in [0.25, 0.3) is 0 Å². The summed E-state index contributed by atoms with van der Waals surface area (Å²) in [5.74, 6) is 1.11. The smallest absolute Gasteiger partial charge is 0.197 e. The molecule has 3 heterocycles. The van der Waals surface area contributed by atoms with Gasteiger partial charge in [0.1, 0.15) is 17.3 Å². The highest BCUT2D eigenvalue weighted by atomic mass is 32.2. The lowest BCUT2D eigenvalue weighted by Gasteiger charge is -2.06. The number of pyridine rings is 1. The molecule has 0 aromatic carbocycles. The molecule has 0 radical (unpaired) electrons. The first-order valence-electron chi connectivity index (χ1n) is 7.17. The summed E-state index contributed by atoms with van der Waals surface area (Å²) in [6.45, 7) is 1.90. The van der Waals surface area contributed by atoms with Crippen LogP contribution in [0.25, 0.3) is 11.5 Å². The van der Waals surface area contributed by atoms with Crippen molar-refractivity contribution >= 4 is 11.8 Å². The molecule has 0 atom stereocenters. The first-order valence-corrected chi connectivity index (χ1v) is 7.99. The largest absolute Gasteiger partial charge is 0.388 e. The molecular formula is C15H16N6OS. The van der Waals surface area contributed by atoms with Crippen molar-refractivity contribution < 1.29 is 5.11 Å². The van der Waals surface area contributed by atoms with Crippen molar-refractivity contribution in [3.8, 4) is 11.5 Å². The number of rotatable bonds is 5. The fraction of sp³-hybridized carbons (Fsp3) is 0.267. The lowest BCUT2D eigenvalue weighted by molar-refractivity contribution is 0.266. The van der Waals surface area contributed by atoms with Crippen molar-refractivity contribution in [2.45, 2.75) is 30.1 Å². The van der Waals surface area contributed by atoms with E-state index in [0.717, 1.165) is 22.8 Å². The molecule has 3 rings (SSSR count). The standard InChI is InChI=1S/C15H16N6OS/c1-3-10-8-13(23-15-20-19-12(9-22)21(15)2)18-14(17-10)11-6-4-5-7-16-11/h4-8,22H,3,9H2,1-2H3. The van der Waals surface area contributed by atoms with Gasteiger partial charge in [-0.1, -0.05) is 13.0 Å². The lowest BCUT2D eigenvalue weighted by atomic mass is 10.3. The summed E-state index contributed by atoms with van der Waals surface area (Å²) in [4.78, 5) is 13.4. The van der Waals surface area contributed by atoms with Crippen molar-refractivity contribution in [3.05, 3.63) is 42.0 Å². The Hall–Kier alpha value is -2.32. The normalized spacial score (nSPS) is 10.9. The van der Waals surface area contributed by atoms with E-state index < -0.39 is 0 Å². The first-order chi connectivity index (χ1) is 11.2. The van der Waals surface area contributed by atoms with E-state index >= 15 is 0 Å². The molecule has 0 fully saturated rings. The SMILES string of the molecule is CCc1cc(Sc2nnc(CO)n2C)nc(-c2ccccn2)n1. The molecule has 0 saturated carbocycles. The number of nitrogens with zero attached hydrogens (tertiary/aromatic N) is 6. The third kappa shape index (κ3) is 3.38. The fourth-order valence-electron chi connectivity index (χ4n) is 1.98. The van der Waals surface area contributed by atoms with Crippen LogP contribution in [0, 0.1) is 0 Å². The predicted molar refractivity (Wildman–Crippen MR) is 85.7 cm³/mol. The number of hydrogen-bond donors (Lipinski definition) is 1. The average Bonchev–Trinajstić information content (AvgIpc) is 2.95. The van der Waals surface area contributed by atoms with Gasteiger partial charge in [-0.15, -0.1) is 10.2 Å². The van der Waals surface area contributed by atoms with Gasteiger partial charge < -0.3 is 9.67 Å². The lowest BCUT2D eigenvalue weighted by Crippen LogP contribution is -2.00. The second kappa shape index (κ2) is 6.84. The molecule has 8 heteroatoms. The third-order valence-corrected chi connectivity index (χ3v) is 4.23. The number of aryl methyl sites for hydroxylation is 1. The minimum atomic E-state index is -0.146. The molecule has 0 aliphatic carbocycles. The molecule has 23 heavy (non-hydrogen) atoms. The van der Waals surface area contributed by atoms with Crippen LogP contribution < -0.4 is 0 Å². The Morgan fingerprint density at radius 1 is 1.22 bits per heavy atom. The Bertz CT molecular complexity index is 805. The molecule has 0 amide bonds. The minimum Gasteiger partial charge on any atom is -0.388 e. The quantitative estimate of drug-likeness (QED) is 0.715. The van der Waals surface area contributed by atoms with E-state index in [1.165, 1.54) is 11.8 Å². The van der Waals surface area contributed by atoms with E-state index in [-0.39, 0.29) is 6.61 Å². The maximum Gasteiger partial charge on any atom is 0.197 e. The van der Waals surface area contributed by atoms with E-state index in [2.05, 4.69) is 25.1 Å². The van der Waals surface area contributed by atoms with Gasteiger partial charge in [-0.3, -0.25) is 4.98 Å². The molecule has 3 aromatic rings. The number of aliphatic hydroxyl groups is 1. The van der Waals surface area contributed by atoms with Crippen molar-refractivity contribution in [2.24, 2.45) is 7.05 Å². The summed E-state index contributed by atoms with van der Waals surface area (Å²) in [5, 5.41) is 18.7. The van der Waals surface area contributed by atoms with Crippen LogP contribution in [0.3, 0.4) is 0 Å². The van der Waals surface area contributed by atoms with Gasteiger partial charge in [0.2, 0.25) is 0 Å². The zero-order valence-corrected chi connectivity index (χ0v) is 13.7. The maximum atomic E-state index is 9.21. The molecular weight excluding hydrogens is 312 g/mol. The van der Waals surface area contributed by atoms with Crippen LogP contribution in [0.4, 0.5) is 0 Å². The molecule has 7 nitrogen and oxygen atoms in total. The van der Waals surface area contributed by atoms with Crippen molar-refractivity contribution in [1.29, 1.82) is 0 Å². The van der Waals surface area contributed by atoms with Crippen molar-refractivity contribution in [1.82, 2.24) is 29.7 Å². The molecule has 0 aliphatic rings. The van der Waals surface area contributed by atoms with Gasteiger partial charge in [-0.05, 0) is 36.4 Å². The van der Waals surface area contributed by atoms with Crippen molar-refractivity contribution in [2.75, 3.05) is 0 Å². The second-order valence-electron chi connectivity index (χ2n) is 4.81. The summed E-state index contributed by atoms with van der Waals surface area (Å²) in [5.41, 5.74) is 1.67. The molecule has 0 saturated heterocycles. The van der Waals surface area contributed by atoms with Gasteiger partial charge in [0.15, 0.2) is 16.8 Å². The topological polar surface area (TPSA) is 89.6 Å². The first kappa shape index (κ1) is 15.6. The van der Waals surface area contributed by atoms with Gasteiger partial charge in [-0.25, -0.2) is 9.97 Å². The Morgan fingerprint density at radius 2 is 2.09 bits per heavy atom. The van der Waals surface area contributed by atoms with E-state index in [1.54, 1.807) is 10.8 Å². The zero-order chi connectivity index (χ0) is 16.2. The minimum absolute atomic E-state index is 0.146. The highest BCUT2D eigenvalue weighted by Gasteiger charge is 2.13. The number of aliphatic hydroxyl groups excluding tert-OH is 1. The maximum absolute atomic E-state index is 9.21. The molecule has 0 unspecified atom stereocenters. The van der Waals surface area contributed by atoms with Crippen LogP contribution in [0.5, 0.6) is 0 Å². The monoisotopic (exact) mass is 328 g/mol. The fourth-order valence-corrected chi connectivity index (χ4v) is 2.82. The van der Waals surface area contributed by atoms with Gasteiger partial charge in [0.05, 0.1) is 0 Å². The van der Waals surface area contributed by atoms with E-state index in [0.29, 0.717) is 16.8 Å². The van der Waals surface area contributed by atoms with E-state index in [1.807, 2.05) is 38.2 Å². The Morgan fingerprint density at radius 3 is 2.74 bits per heavy atom. The van der Waals surface area contributed by atoms with Gasteiger partial charge in [0, 0.05) is 18.9 Å². The number of hydrogen-bond acceptors (Lipinski definition) is 7. The molecule has 1 N–H and O–H groups in total. The summed E-state index contributed by atoms with van der Waals surface area (Å²) >= 11 is 1.39. The summed E-state index contributed by atoms with van der Waals surface area (Å²) < 4.78 is 1.75. The summed E-state index contributed by atoms with van der Waals surface area (Å²) in [6.07, 6.45) is 2.52. The van der Waals surface area contributed by atoms with E-state index in [4.69, 9.17) is 0 Å². The predicted octanol–water partition coefficient (Wildman–Crippen LogP) is 1.87. The van der Waals surface area contributed by atoms with Crippen molar-refractivity contribution in [3.63, 3.8) is 0 Å². The van der Waals surface area contributed by atoms with Crippen LogP contribution >= 0.6 is 11.8 Å². The van der Waals surface area contributed by atoms with Gasteiger partial charge in [-0.2, -0.15) is 0 Å². The zero-order valence-electron chi connectivity index (χ0n) is 12.8. The van der Waals surface area contributed by atoms with Gasteiger partial charge >= 0.3 is 0 Å². The summed E-state index contributed by atoms with van der Waals surface area (Å²) in [6, 6.07) is 7.59. The van der Waals surface area contributed by atoms with E-state index in [9.17, 15) is 5.11 Å². The molecule has 0 bridgehead atoms. The molecule has 118 valence electrons. The summed E-state index contributed by atoms with van der Waals surface area (Å²) in [7, 11) is 1.81. The Labute approximate surface area is 137 Å². The van der Waals surface area contributed by atoms with Crippen LogP contribution in [0.2, 0.25) is 0 Å². The average molecular weight is 328 g/mol. The third-order valence-electron chi connectivity index (χ3n) is 3.27. The second-order valence-corrected chi connectivity index (χ2v) is 5.80. The molecule has 0 spiro atoms. The van der Waals surface area contributed by atoms with Crippen LogP contribution in [-0.2, 0) is 20.1 Å². The van der Waals surface area contributed by atoms with Crippen LogP contribution in [-0.4, -0.2) is 34.8 Å². The van der Waals surface area contributed by atoms with Crippen LogP contribution in [0.1, 0.15) is 18.4 Å². The Balaban J connectivity index is 1.97. The highest BCUT2D eigenvalue weighted by molar-refractivity contribution is 7.99. The highest BCUT2D eigenvalue weighted by Crippen LogP contribution is 2.26. The molecule has 3 aromatic heterocycles. The Kier molecular flexibility index (Phi) is 4.63. The number of aromatic nitrogens is 6. The van der Waals surface area contributed by atoms with Crippen LogP contribution in [0.15, 0.2) is 40.6 Å². The molecule has 0 aliphatic heterocycles.